The van der Waals surface area contributed by atoms with Gasteiger partial charge in [0.1, 0.15) is 5.82 Å². The highest BCUT2D eigenvalue weighted by Crippen LogP contribution is 2.09. The van der Waals surface area contributed by atoms with Crippen LogP contribution in [0, 0.1) is 0 Å². The molecule has 0 spiro atoms. The van der Waals surface area contributed by atoms with Gasteiger partial charge in [0.05, 0.1) is 6.20 Å². The molecule has 0 bridgehead atoms. The first-order valence-electron chi connectivity index (χ1n) is 4.16. The highest BCUT2D eigenvalue weighted by Gasteiger charge is 2.20. The highest BCUT2D eigenvalue weighted by molar-refractivity contribution is 5.30. The van der Waals surface area contributed by atoms with Gasteiger partial charge < -0.3 is 10.1 Å². The summed E-state index contributed by atoms with van der Waals surface area (Å²) in [6, 6.07) is 0. The van der Waals surface area contributed by atoms with Crippen LogP contribution in [0.1, 0.15) is 6.92 Å². The normalized spacial score (nSPS) is 12.9. The monoisotopic (exact) mass is 203 g/mol. The van der Waals surface area contributed by atoms with E-state index in [0.29, 0.717) is 0 Å². The first kappa shape index (κ1) is 10.8. The summed E-state index contributed by atoms with van der Waals surface area (Å²) in [7, 11) is 0. The molecule has 0 aliphatic rings. The standard InChI is InChI=1S/C8H11F2N3O/c1-2-14-8(7(9)10)13-6-5-11-3-4-12-6/h3-5,7-8H,2H2,1H3,(H,12,13). The zero-order chi connectivity index (χ0) is 10.4. The van der Waals surface area contributed by atoms with Gasteiger partial charge in [-0.15, -0.1) is 0 Å². The van der Waals surface area contributed by atoms with Crippen molar-refractivity contribution in [2.24, 2.45) is 0 Å². The smallest absolute Gasteiger partial charge is 0.282 e. The van der Waals surface area contributed by atoms with Crippen molar-refractivity contribution in [3.63, 3.8) is 0 Å². The molecule has 0 fully saturated rings. The molecule has 0 aromatic carbocycles. The molecule has 6 heteroatoms. The SMILES string of the molecule is CCOC(Nc1cnccn1)C(F)F. The Hall–Kier alpha value is -1.30. The number of hydrogen-bond donors (Lipinski definition) is 1. The molecular formula is C8H11F2N3O. The van der Waals surface area contributed by atoms with E-state index in [1.165, 1.54) is 18.6 Å². The van der Waals surface area contributed by atoms with E-state index in [2.05, 4.69) is 15.3 Å². The van der Waals surface area contributed by atoms with Crippen LogP contribution in [0.2, 0.25) is 0 Å². The number of rotatable bonds is 5. The first-order chi connectivity index (χ1) is 6.74. The van der Waals surface area contributed by atoms with Crippen LogP contribution in [0.3, 0.4) is 0 Å². The molecule has 1 aromatic heterocycles. The fourth-order valence-corrected chi connectivity index (χ4v) is 0.876. The average Bonchev–Trinajstić information content (AvgIpc) is 2.18. The number of hydrogen-bond acceptors (Lipinski definition) is 4. The van der Waals surface area contributed by atoms with Crippen molar-refractivity contribution in [1.29, 1.82) is 0 Å². The Kier molecular flexibility index (Phi) is 4.18. The van der Waals surface area contributed by atoms with Gasteiger partial charge in [0, 0.05) is 19.0 Å². The van der Waals surface area contributed by atoms with Crippen LogP contribution >= 0.6 is 0 Å². The average molecular weight is 203 g/mol. The van der Waals surface area contributed by atoms with Gasteiger partial charge in [0.25, 0.3) is 6.43 Å². The Morgan fingerprint density at radius 2 is 2.29 bits per heavy atom. The maximum absolute atomic E-state index is 12.3. The molecule has 1 rings (SSSR count). The number of nitrogens with zero attached hydrogens (tertiary/aromatic N) is 2. The third-order valence-electron chi connectivity index (χ3n) is 1.43. The van der Waals surface area contributed by atoms with Crippen LogP contribution in [-0.4, -0.2) is 29.2 Å². The van der Waals surface area contributed by atoms with Crippen molar-refractivity contribution in [3.05, 3.63) is 18.6 Å². The Labute approximate surface area is 80.3 Å². The number of ether oxygens (including phenoxy) is 1. The Balaban J connectivity index is 2.55. The lowest BCUT2D eigenvalue weighted by Gasteiger charge is -2.17. The lowest BCUT2D eigenvalue weighted by molar-refractivity contribution is -0.0350. The minimum absolute atomic E-state index is 0.211. The number of alkyl halides is 2. The van der Waals surface area contributed by atoms with Crippen molar-refractivity contribution >= 4 is 5.82 Å². The fourth-order valence-electron chi connectivity index (χ4n) is 0.876. The lowest BCUT2D eigenvalue weighted by atomic mass is 10.5. The van der Waals surface area contributed by atoms with E-state index in [0.717, 1.165) is 0 Å². The van der Waals surface area contributed by atoms with Crippen LogP contribution in [-0.2, 0) is 4.74 Å². The molecule has 0 saturated heterocycles. The molecule has 14 heavy (non-hydrogen) atoms. The van der Waals surface area contributed by atoms with Gasteiger partial charge in [-0.2, -0.15) is 0 Å². The van der Waals surface area contributed by atoms with Crippen LogP contribution in [0.4, 0.5) is 14.6 Å². The van der Waals surface area contributed by atoms with Crippen molar-refractivity contribution in [3.8, 4) is 0 Å². The zero-order valence-corrected chi connectivity index (χ0v) is 7.65. The fraction of sp³-hybridized carbons (Fsp3) is 0.500. The molecule has 1 N–H and O–H groups in total. The van der Waals surface area contributed by atoms with E-state index in [9.17, 15) is 8.78 Å². The molecule has 0 aliphatic carbocycles. The third kappa shape index (κ3) is 3.21. The quantitative estimate of drug-likeness (QED) is 0.737. The van der Waals surface area contributed by atoms with Crippen molar-refractivity contribution in [2.45, 2.75) is 19.6 Å². The van der Waals surface area contributed by atoms with Crippen LogP contribution < -0.4 is 5.32 Å². The number of halogens is 2. The summed E-state index contributed by atoms with van der Waals surface area (Å²) in [6.45, 7) is 1.86. The molecule has 1 heterocycles. The van der Waals surface area contributed by atoms with Gasteiger partial charge >= 0.3 is 0 Å². The summed E-state index contributed by atoms with van der Waals surface area (Å²) >= 11 is 0. The Morgan fingerprint density at radius 3 is 2.79 bits per heavy atom. The number of nitrogens with one attached hydrogen (secondary N) is 1. The van der Waals surface area contributed by atoms with Gasteiger partial charge in [-0.3, -0.25) is 4.98 Å². The molecule has 4 nitrogen and oxygen atoms in total. The zero-order valence-electron chi connectivity index (χ0n) is 7.65. The summed E-state index contributed by atoms with van der Waals surface area (Å²) in [6.07, 6.45) is 0.294. The minimum atomic E-state index is -2.60. The summed E-state index contributed by atoms with van der Waals surface area (Å²) in [5.74, 6) is 0.270. The van der Waals surface area contributed by atoms with Gasteiger partial charge in [-0.1, -0.05) is 0 Å². The maximum atomic E-state index is 12.3. The van der Waals surface area contributed by atoms with E-state index < -0.39 is 12.7 Å². The van der Waals surface area contributed by atoms with Gasteiger partial charge in [0.2, 0.25) is 0 Å². The molecule has 0 amide bonds. The molecule has 0 radical (unpaired) electrons. The van der Waals surface area contributed by atoms with E-state index >= 15 is 0 Å². The number of anilines is 1. The van der Waals surface area contributed by atoms with Crippen molar-refractivity contribution < 1.29 is 13.5 Å². The summed E-state index contributed by atoms with van der Waals surface area (Å²) < 4.78 is 29.5. The molecule has 0 aliphatic heterocycles. The van der Waals surface area contributed by atoms with Crippen LogP contribution in [0.25, 0.3) is 0 Å². The predicted octanol–water partition coefficient (Wildman–Crippen LogP) is 1.52. The van der Waals surface area contributed by atoms with Gasteiger partial charge in [-0.05, 0) is 6.92 Å². The second kappa shape index (κ2) is 5.43. The molecule has 1 aromatic rings. The van der Waals surface area contributed by atoms with Gasteiger partial charge in [-0.25, -0.2) is 13.8 Å². The second-order valence-electron chi connectivity index (χ2n) is 2.45. The summed E-state index contributed by atoms with van der Waals surface area (Å²) in [5.41, 5.74) is 0. The second-order valence-corrected chi connectivity index (χ2v) is 2.45. The van der Waals surface area contributed by atoms with E-state index in [1.54, 1.807) is 6.92 Å². The minimum Gasteiger partial charge on any atom is -0.353 e. The van der Waals surface area contributed by atoms with E-state index in [-0.39, 0.29) is 12.4 Å². The van der Waals surface area contributed by atoms with Gasteiger partial charge in [0.15, 0.2) is 6.23 Å². The Bertz CT molecular complexity index is 258. The maximum Gasteiger partial charge on any atom is 0.282 e. The third-order valence-corrected chi connectivity index (χ3v) is 1.43. The van der Waals surface area contributed by atoms with Crippen LogP contribution in [0.15, 0.2) is 18.6 Å². The highest BCUT2D eigenvalue weighted by atomic mass is 19.3. The molecular weight excluding hydrogens is 192 g/mol. The molecule has 1 unspecified atom stereocenters. The van der Waals surface area contributed by atoms with E-state index in [4.69, 9.17) is 4.74 Å². The number of aromatic nitrogens is 2. The summed E-state index contributed by atoms with van der Waals surface area (Å²) in [4.78, 5) is 7.53. The lowest BCUT2D eigenvalue weighted by Crippen LogP contribution is -2.31. The van der Waals surface area contributed by atoms with Crippen molar-refractivity contribution in [2.75, 3.05) is 11.9 Å². The predicted molar refractivity (Wildman–Crippen MR) is 47.1 cm³/mol. The first-order valence-corrected chi connectivity index (χ1v) is 4.16. The van der Waals surface area contributed by atoms with Crippen molar-refractivity contribution in [1.82, 2.24) is 9.97 Å². The largest absolute Gasteiger partial charge is 0.353 e. The van der Waals surface area contributed by atoms with E-state index in [1.807, 2.05) is 0 Å². The molecule has 1 atom stereocenters. The molecule has 0 saturated carbocycles. The Morgan fingerprint density at radius 1 is 1.50 bits per heavy atom. The van der Waals surface area contributed by atoms with Crippen LogP contribution in [0.5, 0.6) is 0 Å². The molecule has 78 valence electrons. The topological polar surface area (TPSA) is 47.0 Å². The summed E-state index contributed by atoms with van der Waals surface area (Å²) in [5, 5.41) is 2.43.